The number of rotatable bonds is 14. The number of carbonyl (C=O) groups excluding carboxylic acids is 5. The number of piperazine rings is 1. The van der Waals surface area contributed by atoms with Gasteiger partial charge in [0.2, 0.25) is 17.8 Å². The van der Waals surface area contributed by atoms with Gasteiger partial charge in [0, 0.05) is 87.8 Å². The van der Waals surface area contributed by atoms with Crippen molar-refractivity contribution in [3.05, 3.63) is 82.6 Å². The molecule has 4 aliphatic heterocycles. The zero-order chi connectivity index (χ0) is 44.5. The highest BCUT2D eigenvalue weighted by Crippen LogP contribution is 2.42. The van der Waals surface area contributed by atoms with Crippen molar-refractivity contribution in [2.45, 2.75) is 103 Å². The van der Waals surface area contributed by atoms with E-state index < -0.39 is 29.7 Å². The van der Waals surface area contributed by atoms with Gasteiger partial charge >= 0.3 is 0 Å². The molecule has 4 N–H and O–H groups in total. The number of benzene rings is 1. The van der Waals surface area contributed by atoms with Crippen molar-refractivity contribution in [3.8, 4) is 0 Å². The van der Waals surface area contributed by atoms with Crippen molar-refractivity contribution >= 4 is 58.5 Å². The SMILES string of the molecule is C/C(O)=C1\C(=O)N(C2CCCC2)c2nc(Nc3ccc(N4CCN(Cc5cn(CCCCCNc6cccc7c6C(=O)N(C6CCC(=O)NC6=O)C7=O)nn5)CC4)cn3)ncc2C1C. The Kier molecular flexibility index (Phi) is 12.1. The fourth-order valence-corrected chi connectivity index (χ4v) is 9.61. The summed E-state index contributed by atoms with van der Waals surface area (Å²) in [5.74, 6) is -0.963. The molecule has 1 saturated carbocycles. The molecule has 2 atom stereocenters. The van der Waals surface area contributed by atoms with Crippen LogP contribution in [0.1, 0.15) is 110 Å². The predicted octanol–water partition coefficient (Wildman–Crippen LogP) is 4.44. The number of nitrogens with one attached hydrogen (secondary N) is 3. The Balaban J connectivity index is 0.708. The van der Waals surface area contributed by atoms with Crippen molar-refractivity contribution in [3.63, 3.8) is 0 Å². The first-order valence-corrected chi connectivity index (χ1v) is 22.3. The highest BCUT2D eigenvalue weighted by molar-refractivity contribution is 6.25. The standard InChI is InChI=1S/C45H53N13O6/c1-27-33-24-48-45(51-40(33)57(30-9-4-5-10-30)43(63)38(27)28(2)59)49-36-15-13-31(23-47-36)55-21-19-54(20-22-55)25-29-26-56(53-52-29)18-7-3-6-17-46-34-12-8-11-32-39(34)44(64)58(42(32)62)35-14-16-37(60)50-41(35)61/h8,11-13,15,23-24,26-27,30,35,46,59H,3-7,9-10,14,16-22,25H2,1-2H3,(H,50,60,61)(H,47,48,49,51)/b38-28+. The van der Waals surface area contributed by atoms with Gasteiger partial charge in [-0.15, -0.1) is 5.10 Å². The highest BCUT2D eigenvalue weighted by atomic mass is 16.3. The summed E-state index contributed by atoms with van der Waals surface area (Å²) < 4.78 is 1.88. The number of carbonyl (C=O) groups is 5. The fraction of sp³-hybridized carbons (Fsp3) is 0.467. The number of aryl methyl sites for hydroxylation is 1. The molecular formula is C45H53N13O6. The Morgan fingerprint density at radius 1 is 0.891 bits per heavy atom. The van der Waals surface area contributed by atoms with Crippen molar-refractivity contribution in [1.82, 2.24) is 45.1 Å². The predicted molar refractivity (Wildman–Crippen MR) is 236 cm³/mol. The smallest absolute Gasteiger partial charge is 0.264 e. The molecule has 19 nitrogen and oxygen atoms in total. The molecule has 1 aliphatic carbocycles. The third kappa shape index (κ3) is 8.50. The quantitative estimate of drug-likeness (QED) is 0.0595. The number of anilines is 5. The average molecular weight is 872 g/mol. The molecule has 5 amide bonds. The molecule has 1 aromatic carbocycles. The van der Waals surface area contributed by atoms with Crippen molar-refractivity contribution in [1.29, 1.82) is 0 Å². The number of pyridine rings is 1. The normalized spacial score (nSPS) is 21.3. The molecule has 64 heavy (non-hydrogen) atoms. The van der Waals surface area contributed by atoms with Gasteiger partial charge in [0.1, 0.15) is 17.7 Å². The first kappa shape index (κ1) is 42.5. The molecule has 9 rings (SSSR count). The topological polar surface area (TPSA) is 224 Å². The first-order chi connectivity index (χ1) is 31.0. The van der Waals surface area contributed by atoms with Crippen LogP contribution < -0.4 is 25.8 Å². The molecule has 2 unspecified atom stereocenters. The maximum Gasteiger partial charge on any atom is 0.264 e. The zero-order valence-corrected chi connectivity index (χ0v) is 36.1. The van der Waals surface area contributed by atoms with E-state index in [-0.39, 0.29) is 47.6 Å². The minimum absolute atomic E-state index is 0.0385. The van der Waals surface area contributed by atoms with E-state index in [1.54, 1.807) is 36.2 Å². The molecule has 0 bridgehead atoms. The van der Waals surface area contributed by atoms with E-state index in [0.29, 0.717) is 41.9 Å². The summed E-state index contributed by atoms with van der Waals surface area (Å²) in [4.78, 5) is 85.7. The Bertz CT molecular complexity index is 2490. The van der Waals surface area contributed by atoms with Crippen LogP contribution in [0.4, 0.5) is 29.0 Å². The first-order valence-electron chi connectivity index (χ1n) is 22.3. The maximum absolute atomic E-state index is 13.6. The molecular weight excluding hydrogens is 819 g/mol. The third-order valence-corrected chi connectivity index (χ3v) is 13.0. The van der Waals surface area contributed by atoms with Gasteiger partial charge in [0.15, 0.2) is 0 Å². The lowest BCUT2D eigenvalue weighted by Gasteiger charge is -2.37. The molecule has 3 aromatic heterocycles. The molecule has 7 heterocycles. The summed E-state index contributed by atoms with van der Waals surface area (Å²) in [6.45, 7) is 8.92. The van der Waals surface area contributed by atoms with Crippen LogP contribution in [0.2, 0.25) is 0 Å². The van der Waals surface area contributed by atoms with Gasteiger partial charge in [-0.25, -0.2) is 9.97 Å². The van der Waals surface area contributed by atoms with Crippen LogP contribution in [-0.4, -0.2) is 119 Å². The number of aliphatic hydroxyl groups excluding tert-OH is 1. The molecule has 0 radical (unpaired) electrons. The van der Waals surface area contributed by atoms with Gasteiger partial charge in [-0.05, 0) is 69.7 Å². The van der Waals surface area contributed by atoms with E-state index >= 15 is 0 Å². The summed E-state index contributed by atoms with van der Waals surface area (Å²) in [6.07, 6.45) is 12.4. The number of imide groups is 2. The fourth-order valence-electron chi connectivity index (χ4n) is 9.61. The Morgan fingerprint density at radius 2 is 1.70 bits per heavy atom. The summed E-state index contributed by atoms with van der Waals surface area (Å²) >= 11 is 0. The van der Waals surface area contributed by atoms with Gasteiger partial charge in [0.25, 0.3) is 17.7 Å². The number of hydrogen-bond acceptors (Lipinski definition) is 15. The van der Waals surface area contributed by atoms with E-state index in [2.05, 4.69) is 46.0 Å². The number of hydrogen-bond donors (Lipinski definition) is 4. The number of aliphatic hydroxyl groups is 1. The van der Waals surface area contributed by atoms with Crippen LogP contribution in [-0.2, 0) is 27.5 Å². The minimum atomic E-state index is -0.998. The number of fused-ring (bicyclic) bond motifs is 2. The van der Waals surface area contributed by atoms with Crippen LogP contribution >= 0.6 is 0 Å². The van der Waals surface area contributed by atoms with Crippen molar-refractivity contribution in [2.75, 3.05) is 53.2 Å². The monoisotopic (exact) mass is 871 g/mol. The largest absolute Gasteiger partial charge is 0.512 e. The lowest BCUT2D eigenvalue weighted by molar-refractivity contribution is -0.136. The van der Waals surface area contributed by atoms with Crippen molar-refractivity contribution in [2.24, 2.45) is 0 Å². The number of allylic oxidation sites excluding steroid dienone is 1. The zero-order valence-electron chi connectivity index (χ0n) is 36.1. The maximum atomic E-state index is 13.6. The number of piperidine rings is 1. The average Bonchev–Trinajstić information content (AvgIpc) is 4.04. The van der Waals surface area contributed by atoms with Crippen LogP contribution in [0.15, 0.2) is 60.3 Å². The Morgan fingerprint density at radius 3 is 2.45 bits per heavy atom. The lowest BCUT2D eigenvalue weighted by atomic mass is 9.87. The molecule has 19 heteroatoms. The highest BCUT2D eigenvalue weighted by Gasteiger charge is 2.46. The number of amides is 5. The van der Waals surface area contributed by atoms with Gasteiger partial charge in [-0.1, -0.05) is 31.0 Å². The number of unbranched alkanes of at least 4 members (excludes halogenated alkanes) is 2. The van der Waals surface area contributed by atoms with Crippen LogP contribution in [0.3, 0.4) is 0 Å². The van der Waals surface area contributed by atoms with Crippen molar-refractivity contribution < 1.29 is 29.1 Å². The summed E-state index contributed by atoms with van der Waals surface area (Å²) in [5.41, 5.74) is 4.25. The van der Waals surface area contributed by atoms with Gasteiger partial charge in [-0.3, -0.25) is 48.7 Å². The van der Waals surface area contributed by atoms with E-state index in [9.17, 15) is 29.1 Å². The van der Waals surface area contributed by atoms with Crippen LogP contribution in [0.5, 0.6) is 0 Å². The molecule has 5 aliphatic rings. The van der Waals surface area contributed by atoms with Gasteiger partial charge in [-0.2, -0.15) is 4.98 Å². The van der Waals surface area contributed by atoms with E-state index in [0.717, 1.165) is 99.5 Å². The Labute approximate surface area is 370 Å². The van der Waals surface area contributed by atoms with Gasteiger partial charge < -0.3 is 20.6 Å². The second-order valence-electron chi connectivity index (χ2n) is 17.2. The number of aromatic nitrogens is 6. The summed E-state index contributed by atoms with van der Waals surface area (Å²) in [7, 11) is 0. The number of nitrogens with zero attached hydrogens (tertiary/aromatic N) is 10. The minimum Gasteiger partial charge on any atom is -0.512 e. The molecule has 334 valence electrons. The lowest BCUT2D eigenvalue weighted by Crippen LogP contribution is -2.54. The van der Waals surface area contributed by atoms with E-state index in [1.807, 2.05) is 36.1 Å². The summed E-state index contributed by atoms with van der Waals surface area (Å²) in [5, 5.41) is 28.0. The Hall–Kier alpha value is -6.76. The molecule has 3 fully saturated rings. The second-order valence-corrected chi connectivity index (χ2v) is 17.2. The molecule has 0 spiro atoms. The van der Waals surface area contributed by atoms with Gasteiger partial charge in [0.05, 0.1) is 40.0 Å². The second kappa shape index (κ2) is 18.1. The molecule has 4 aromatic rings. The van der Waals surface area contributed by atoms with E-state index in [4.69, 9.17) is 4.98 Å². The van der Waals surface area contributed by atoms with Crippen LogP contribution in [0, 0.1) is 0 Å². The third-order valence-electron chi connectivity index (χ3n) is 13.0. The summed E-state index contributed by atoms with van der Waals surface area (Å²) in [6, 6.07) is 8.07. The molecule has 2 saturated heterocycles. The van der Waals surface area contributed by atoms with Crippen LogP contribution in [0.25, 0.3) is 0 Å². The van der Waals surface area contributed by atoms with E-state index in [1.165, 1.54) is 0 Å².